The van der Waals surface area contributed by atoms with E-state index in [2.05, 4.69) is 17.6 Å². The number of hydrogen-bond acceptors (Lipinski definition) is 3. The fraction of sp³-hybridized carbons (Fsp3) is 0.929. The average molecular weight is 256 g/mol. The molecule has 0 atom stereocenters. The molecule has 106 valence electrons. The SMILES string of the molecule is CCC1CCC(O)(CNC(=O)C(C)(C)NC)CC1. The van der Waals surface area contributed by atoms with Crippen molar-refractivity contribution in [2.45, 2.75) is 64.0 Å². The molecule has 0 unspecified atom stereocenters. The second-order valence-corrected chi connectivity index (χ2v) is 6.13. The summed E-state index contributed by atoms with van der Waals surface area (Å²) in [6, 6.07) is 0. The lowest BCUT2D eigenvalue weighted by Crippen LogP contribution is -2.55. The van der Waals surface area contributed by atoms with E-state index in [-0.39, 0.29) is 5.91 Å². The summed E-state index contributed by atoms with van der Waals surface area (Å²) in [6.07, 6.45) is 4.92. The first-order chi connectivity index (χ1) is 8.33. The monoisotopic (exact) mass is 256 g/mol. The third kappa shape index (κ3) is 3.95. The molecule has 0 saturated heterocycles. The van der Waals surface area contributed by atoms with Crippen molar-refractivity contribution in [3.05, 3.63) is 0 Å². The second kappa shape index (κ2) is 6.02. The summed E-state index contributed by atoms with van der Waals surface area (Å²) in [5.74, 6) is 0.686. The van der Waals surface area contributed by atoms with Gasteiger partial charge in [-0.1, -0.05) is 13.3 Å². The summed E-state index contributed by atoms with van der Waals surface area (Å²) >= 11 is 0. The number of nitrogens with one attached hydrogen (secondary N) is 2. The van der Waals surface area contributed by atoms with Gasteiger partial charge in [-0.25, -0.2) is 0 Å². The van der Waals surface area contributed by atoms with E-state index in [0.29, 0.717) is 6.54 Å². The zero-order valence-electron chi connectivity index (χ0n) is 12.2. The van der Waals surface area contributed by atoms with Crippen LogP contribution in [0.15, 0.2) is 0 Å². The third-order valence-corrected chi connectivity index (χ3v) is 4.38. The van der Waals surface area contributed by atoms with Crippen molar-refractivity contribution in [2.75, 3.05) is 13.6 Å². The molecule has 3 N–H and O–H groups in total. The van der Waals surface area contributed by atoms with Crippen molar-refractivity contribution >= 4 is 5.91 Å². The van der Waals surface area contributed by atoms with Crippen LogP contribution in [0.2, 0.25) is 0 Å². The molecule has 1 aliphatic carbocycles. The van der Waals surface area contributed by atoms with Gasteiger partial charge in [0.15, 0.2) is 0 Å². The van der Waals surface area contributed by atoms with Crippen LogP contribution in [0.5, 0.6) is 0 Å². The Balaban J connectivity index is 2.42. The Kier molecular flexibility index (Phi) is 5.17. The van der Waals surface area contributed by atoms with Gasteiger partial charge in [-0.05, 0) is 52.5 Å². The van der Waals surface area contributed by atoms with Crippen molar-refractivity contribution in [2.24, 2.45) is 5.92 Å². The largest absolute Gasteiger partial charge is 0.388 e. The van der Waals surface area contributed by atoms with Crippen molar-refractivity contribution in [3.63, 3.8) is 0 Å². The first kappa shape index (κ1) is 15.4. The number of amides is 1. The van der Waals surface area contributed by atoms with Gasteiger partial charge in [-0.2, -0.15) is 0 Å². The van der Waals surface area contributed by atoms with Gasteiger partial charge in [0.05, 0.1) is 11.1 Å². The molecule has 1 saturated carbocycles. The molecule has 0 heterocycles. The van der Waals surface area contributed by atoms with Gasteiger partial charge in [0.25, 0.3) is 0 Å². The van der Waals surface area contributed by atoms with Crippen molar-refractivity contribution in [1.29, 1.82) is 0 Å². The molecule has 0 radical (unpaired) electrons. The molecule has 0 bridgehead atoms. The highest BCUT2D eigenvalue weighted by molar-refractivity contribution is 5.85. The van der Waals surface area contributed by atoms with Crippen LogP contribution in [0, 0.1) is 5.92 Å². The van der Waals surface area contributed by atoms with Crippen LogP contribution in [0.1, 0.15) is 52.9 Å². The summed E-state index contributed by atoms with van der Waals surface area (Å²) in [6.45, 7) is 6.24. The van der Waals surface area contributed by atoms with Crippen LogP contribution < -0.4 is 10.6 Å². The van der Waals surface area contributed by atoms with Gasteiger partial charge in [0.1, 0.15) is 0 Å². The minimum atomic E-state index is -0.703. The predicted octanol–water partition coefficient (Wildman–Crippen LogP) is 1.43. The highest BCUT2D eigenvalue weighted by Gasteiger charge is 2.34. The van der Waals surface area contributed by atoms with Crippen LogP contribution in [0.3, 0.4) is 0 Å². The molecule has 1 rings (SSSR count). The maximum absolute atomic E-state index is 11.9. The Morgan fingerprint density at radius 3 is 2.39 bits per heavy atom. The molecule has 18 heavy (non-hydrogen) atoms. The van der Waals surface area contributed by atoms with E-state index in [4.69, 9.17) is 0 Å². The summed E-state index contributed by atoms with van der Waals surface area (Å²) in [5, 5.41) is 16.3. The first-order valence-corrected chi connectivity index (χ1v) is 7.02. The molecular weight excluding hydrogens is 228 g/mol. The normalized spacial score (nSPS) is 29.1. The Morgan fingerprint density at radius 2 is 1.94 bits per heavy atom. The topological polar surface area (TPSA) is 61.4 Å². The first-order valence-electron chi connectivity index (χ1n) is 7.02. The van der Waals surface area contributed by atoms with Gasteiger partial charge in [0.2, 0.25) is 5.91 Å². The number of rotatable bonds is 5. The quantitative estimate of drug-likeness (QED) is 0.697. The van der Waals surface area contributed by atoms with Crippen LogP contribution in [-0.2, 0) is 4.79 Å². The Bertz CT molecular complexity index is 282. The third-order valence-electron chi connectivity index (χ3n) is 4.38. The second-order valence-electron chi connectivity index (χ2n) is 6.13. The number of hydrogen-bond donors (Lipinski definition) is 3. The van der Waals surface area contributed by atoms with E-state index in [9.17, 15) is 9.90 Å². The predicted molar refractivity (Wildman–Crippen MR) is 73.3 cm³/mol. The number of likely N-dealkylation sites (N-methyl/N-ethyl adjacent to an activating group) is 1. The van der Waals surface area contributed by atoms with Crippen molar-refractivity contribution < 1.29 is 9.90 Å². The summed E-state index contributed by atoms with van der Waals surface area (Å²) in [4.78, 5) is 11.9. The van der Waals surface area contributed by atoms with E-state index in [1.807, 2.05) is 13.8 Å². The number of aliphatic hydroxyl groups is 1. The van der Waals surface area contributed by atoms with E-state index >= 15 is 0 Å². The Labute approximate surface area is 111 Å². The molecule has 4 heteroatoms. The lowest BCUT2D eigenvalue weighted by Gasteiger charge is -2.36. The molecule has 0 aromatic heterocycles. The summed E-state index contributed by atoms with van der Waals surface area (Å²) in [7, 11) is 1.76. The lowest BCUT2D eigenvalue weighted by atomic mass is 9.78. The van der Waals surface area contributed by atoms with Gasteiger partial charge in [-0.15, -0.1) is 0 Å². The molecule has 0 aromatic rings. The maximum atomic E-state index is 11.9. The zero-order valence-corrected chi connectivity index (χ0v) is 12.2. The summed E-state index contributed by atoms with van der Waals surface area (Å²) in [5.41, 5.74) is -1.29. The van der Waals surface area contributed by atoms with Crippen LogP contribution in [0.4, 0.5) is 0 Å². The van der Waals surface area contributed by atoms with Gasteiger partial charge in [0, 0.05) is 6.54 Å². The van der Waals surface area contributed by atoms with E-state index in [0.717, 1.165) is 31.6 Å². The molecule has 1 fully saturated rings. The minimum Gasteiger partial charge on any atom is -0.388 e. The molecule has 1 amide bonds. The summed E-state index contributed by atoms with van der Waals surface area (Å²) < 4.78 is 0. The highest BCUT2D eigenvalue weighted by atomic mass is 16.3. The molecular formula is C14H28N2O2. The fourth-order valence-corrected chi connectivity index (χ4v) is 2.38. The molecule has 0 aliphatic heterocycles. The fourth-order valence-electron chi connectivity index (χ4n) is 2.38. The molecule has 4 nitrogen and oxygen atoms in total. The lowest BCUT2D eigenvalue weighted by molar-refractivity contribution is -0.128. The van der Waals surface area contributed by atoms with Crippen LogP contribution in [-0.4, -0.2) is 35.7 Å². The minimum absolute atomic E-state index is 0.0592. The number of carbonyl (C=O) groups excluding carboxylic acids is 1. The Morgan fingerprint density at radius 1 is 1.39 bits per heavy atom. The van der Waals surface area contributed by atoms with E-state index in [1.165, 1.54) is 6.42 Å². The molecule has 1 aliphatic rings. The Hall–Kier alpha value is -0.610. The van der Waals surface area contributed by atoms with Gasteiger partial charge >= 0.3 is 0 Å². The van der Waals surface area contributed by atoms with Crippen molar-refractivity contribution in [3.8, 4) is 0 Å². The smallest absolute Gasteiger partial charge is 0.239 e. The standard InChI is InChI=1S/C14H28N2O2/c1-5-11-6-8-14(18,9-7-11)10-16-12(17)13(2,3)15-4/h11,15,18H,5-10H2,1-4H3,(H,16,17). The molecule has 0 spiro atoms. The van der Waals surface area contributed by atoms with E-state index in [1.54, 1.807) is 7.05 Å². The number of carbonyl (C=O) groups is 1. The molecule has 0 aromatic carbocycles. The van der Waals surface area contributed by atoms with Crippen molar-refractivity contribution in [1.82, 2.24) is 10.6 Å². The van der Waals surface area contributed by atoms with Gasteiger partial charge < -0.3 is 15.7 Å². The van der Waals surface area contributed by atoms with E-state index < -0.39 is 11.1 Å². The van der Waals surface area contributed by atoms with Crippen LogP contribution in [0.25, 0.3) is 0 Å². The highest BCUT2D eigenvalue weighted by Crippen LogP contribution is 2.33. The van der Waals surface area contributed by atoms with Crippen LogP contribution >= 0.6 is 0 Å². The average Bonchev–Trinajstić information content (AvgIpc) is 2.37. The van der Waals surface area contributed by atoms with Gasteiger partial charge in [-0.3, -0.25) is 4.79 Å². The zero-order chi connectivity index (χ0) is 13.8. The maximum Gasteiger partial charge on any atom is 0.239 e.